The van der Waals surface area contributed by atoms with E-state index in [9.17, 15) is 26.4 Å². The van der Waals surface area contributed by atoms with E-state index in [0.717, 1.165) is 18.5 Å². The van der Waals surface area contributed by atoms with Crippen molar-refractivity contribution in [2.45, 2.75) is 17.5 Å². The Morgan fingerprint density at radius 2 is 1.94 bits per heavy atom. The van der Waals surface area contributed by atoms with Crippen LogP contribution in [0.4, 0.5) is 13.2 Å². The van der Waals surface area contributed by atoms with Gasteiger partial charge in [-0.15, -0.1) is 0 Å². The van der Waals surface area contributed by atoms with Gasteiger partial charge in [-0.25, -0.2) is 5.43 Å². The number of hydrazone groups is 1. The molecule has 1 N–H and O–H groups in total. The molecule has 0 fully saturated rings. The number of amides is 1. The minimum atomic E-state index is -4.73. The lowest BCUT2D eigenvalue weighted by atomic mass is 10.1. The predicted octanol–water partition coefficient (Wildman–Crippen LogP) is 4.21. The highest BCUT2D eigenvalue weighted by Crippen LogP contribution is 2.32. The summed E-state index contributed by atoms with van der Waals surface area (Å²) >= 11 is 5.86. The first-order valence-corrected chi connectivity index (χ1v) is 11.0. The lowest BCUT2D eigenvalue weighted by Gasteiger charge is -2.12. The molecule has 1 heterocycles. The molecule has 0 unspecified atom stereocenters. The molecule has 1 aromatic heterocycles. The van der Waals surface area contributed by atoms with E-state index < -0.39 is 38.2 Å². The van der Waals surface area contributed by atoms with E-state index in [2.05, 4.69) is 15.5 Å². The van der Waals surface area contributed by atoms with Crippen molar-refractivity contribution in [2.75, 3.05) is 0 Å². The highest BCUT2D eigenvalue weighted by molar-refractivity contribution is 7.87. The van der Waals surface area contributed by atoms with Gasteiger partial charge in [0.2, 0.25) is 5.91 Å². The Balaban J connectivity index is 1.86. The monoisotopic (exact) mass is 497 g/mol. The van der Waals surface area contributed by atoms with E-state index in [0.29, 0.717) is 22.7 Å². The van der Waals surface area contributed by atoms with Crippen LogP contribution in [0.3, 0.4) is 0 Å². The summed E-state index contributed by atoms with van der Waals surface area (Å²) in [6, 6.07) is 11.2. The van der Waals surface area contributed by atoms with Gasteiger partial charge in [-0.1, -0.05) is 23.7 Å². The predicted molar refractivity (Wildman–Crippen MR) is 114 cm³/mol. The van der Waals surface area contributed by atoms with Gasteiger partial charge in [0.15, 0.2) is 5.75 Å². The van der Waals surface area contributed by atoms with Gasteiger partial charge in [0.1, 0.15) is 4.90 Å². The van der Waals surface area contributed by atoms with Crippen molar-refractivity contribution in [3.05, 3.63) is 88.7 Å². The Bertz CT molecular complexity index is 1280. The third kappa shape index (κ3) is 6.77. The topological polar surface area (TPSA) is 97.7 Å². The van der Waals surface area contributed by atoms with Crippen LogP contribution >= 0.6 is 11.6 Å². The van der Waals surface area contributed by atoms with Crippen LogP contribution in [0.5, 0.6) is 5.75 Å². The fourth-order valence-corrected chi connectivity index (χ4v) is 3.96. The molecule has 1 amide bonds. The van der Waals surface area contributed by atoms with E-state index in [4.69, 9.17) is 15.8 Å². The average Bonchev–Trinajstić information content (AvgIpc) is 2.73. The van der Waals surface area contributed by atoms with E-state index in [1.54, 1.807) is 24.3 Å². The molecular formula is C21H15ClF3N3O4S. The quantitative estimate of drug-likeness (QED) is 0.299. The second-order valence-corrected chi connectivity index (χ2v) is 8.53. The number of hydrogen-bond donors (Lipinski definition) is 1. The first-order chi connectivity index (χ1) is 15.5. The van der Waals surface area contributed by atoms with Gasteiger partial charge >= 0.3 is 16.3 Å². The lowest BCUT2D eigenvalue weighted by Crippen LogP contribution is -2.20. The maximum atomic E-state index is 13.2. The number of aromatic nitrogens is 1. The highest BCUT2D eigenvalue weighted by Gasteiger charge is 2.32. The zero-order chi connectivity index (χ0) is 24.1. The molecular weight excluding hydrogens is 483 g/mol. The van der Waals surface area contributed by atoms with Crippen molar-refractivity contribution in [1.82, 2.24) is 10.4 Å². The van der Waals surface area contributed by atoms with Crippen LogP contribution in [0.25, 0.3) is 0 Å². The molecule has 0 aliphatic carbocycles. The van der Waals surface area contributed by atoms with Gasteiger partial charge in [-0.2, -0.15) is 26.7 Å². The average molecular weight is 498 g/mol. The number of pyridine rings is 1. The Hall–Kier alpha value is -3.44. The van der Waals surface area contributed by atoms with Gasteiger partial charge in [-0.3, -0.25) is 9.78 Å². The van der Waals surface area contributed by atoms with Crippen LogP contribution in [0.15, 0.2) is 77.0 Å². The summed E-state index contributed by atoms with van der Waals surface area (Å²) in [5.74, 6) is -0.716. The van der Waals surface area contributed by atoms with Crippen molar-refractivity contribution < 1.29 is 30.6 Å². The molecule has 12 heteroatoms. The number of nitrogens with one attached hydrogen (secondary N) is 1. The molecule has 2 aromatic carbocycles. The Morgan fingerprint density at radius 3 is 2.61 bits per heavy atom. The first-order valence-electron chi connectivity index (χ1n) is 9.17. The summed E-state index contributed by atoms with van der Waals surface area (Å²) in [6.45, 7) is 0. The third-order valence-corrected chi connectivity index (χ3v) is 5.65. The van der Waals surface area contributed by atoms with Crippen LogP contribution in [0, 0.1) is 0 Å². The molecule has 0 saturated carbocycles. The largest absolute Gasteiger partial charge is 0.416 e. The van der Waals surface area contributed by atoms with Gasteiger partial charge in [0.25, 0.3) is 0 Å². The SMILES string of the molecule is O=C(Cc1cccc(Cl)c1)NN=Cc1cc(C(F)(F)F)ccc1S(=O)(=O)Oc1cccnc1. The maximum absolute atomic E-state index is 13.2. The number of carbonyl (C=O) groups excluding carboxylic acids is 1. The molecule has 172 valence electrons. The number of nitrogens with zero attached hydrogens (tertiary/aromatic N) is 2. The van der Waals surface area contributed by atoms with E-state index >= 15 is 0 Å². The van der Waals surface area contributed by atoms with E-state index in [1.807, 2.05) is 0 Å². The molecule has 0 spiro atoms. The minimum absolute atomic E-state index is 0.101. The molecule has 3 aromatic rings. The zero-order valence-corrected chi connectivity index (χ0v) is 18.2. The molecule has 0 bridgehead atoms. The fraction of sp³-hybridized carbons (Fsp3) is 0.0952. The number of benzene rings is 2. The molecule has 0 saturated heterocycles. The number of hydrogen-bond acceptors (Lipinski definition) is 6. The second kappa shape index (κ2) is 10.0. The normalized spacial score (nSPS) is 12.0. The summed E-state index contributed by atoms with van der Waals surface area (Å²) in [5.41, 5.74) is 1.20. The standard InChI is InChI=1S/C21H15ClF3N3O4S/c22-17-4-1-3-14(9-17)10-20(29)28-27-12-15-11-16(21(23,24)25)6-7-19(15)33(30,31)32-18-5-2-8-26-13-18/h1-9,11-13H,10H2,(H,28,29). The van der Waals surface area contributed by atoms with Crippen molar-refractivity contribution in [3.8, 4) is 5.75 Å². The van der Waals surface area contributed by atoms with Crippen LogP contribution in [0.1, 0.15) is 16.7 Å². The van der Waals surface area contributed by atoms with E-state index in [1.165, 1.54) is 18.3 Å². The molecule has 0 atom stereocenters. The summed E-state index contributed by atoms with van der Waals surface area (Å²) in [7, 11) is -4.54. The maximum Gasteiger partial charge on any atom is 0.416 e. The van der Waals surface area contributed by atoms with Crippen molar-refractivity contribution in [1.29, 1.82) is 0 Å². The third-order valence-electron chi connectivity index (χ3n) is 4.09. The molecule has 0 aliphatic rings. The van der Waals surface area contributed by atoms with Gasteiger partial charge in [0, 0.05) is 16.8 Å². The van der Waals surface area contributed by atoms with Crippen LogP contribution < -0.4 is 9.61 Å². The lowest BCUT2D eigenvalue weighted by molar-refractivity contribution is -0.137. The highest BCUT2D eigenvalue weighted by atomic mass is 35.5. The zero-order valence-electron chi connectivity index (χ0n) is 16.6. The number of rotatable bonds is 7. The Labute approximate surface area is 192 Å². The van der Waals surface area contributed by atoms with Gasteiger partial charge < -0.3 is 4.18 Å². The summed E-state index contributed by atoms with van der Waals surface area (Å²) in [4.78, 5) is 15.2. The van der Waals surface area contributed by atoms with Crippen molar-refractivity contribution in [2.24, 2.45) is 5.10 Å². The Kier molecular flexibility index (Phi) is 7.34. The van der Waals surface area contributed by atoms with Gasteiger partial charge in [0.05, 0.1) is 24.4 Å². The number of halogens is 4. The number of carbonyl (C=O) groups is 1. The first kappa shape index (κ1) is 24.2. The molecule has 0 aliphatic heterocycles. The van der Waals surface area contributed by atoms with Crippen LogP contribution in [0.2, 0.25) is 5.02 Å². The Morgan fingerprint density at radius 1 is 1.15 bits per heavy atom. The molecule has 0 radical (unpaired) electrons. The van der Waals surface area contributed by atoms with Crippen LogP contribution in [-0.2, 0) is 27.5 Å². The summed E-state index contributed by atoms with van der Waals surface area (Å²) in [5, 5.41) is 4.03. The second-order valence-electron chi connectivity index (χ2n) is 6.58. The van der Waals surface area contributed by atoms with Crippen molar-refractivity contribution >= 4 is 33.8 Å². The van der Waals surface area contributed by atoms with E-state index in [-0.39, 0.29) is 12.2 Å². The van der Waals surface area contributed by atoms with Gasteiger partial charge in [-0.05, 0) is 48.0 Å². The summed E-state index contributed by atoms with van der Waals surface area (Å²) in [6.07, 6.45) is -1.52. The molecule has 33 heavy (non-hydrogen) atoms. The van der Waals surface area contributed by atoms with Crippen LogP contribution in [-0.4, -0.2) is 25.5 Å². The van der Waals surface area contributed by atoms with Crippen molar-refractivity contribution in [3.63, 3.8) is 0 Å². The minimum Gasteiger partial charge on any atom is -0.377 e. The summed E-state index contributed by atoms with van der Waals surface area (Å²) < 4.78 is 69.7. The smallest absolute Gasteiger partial charge is 0.377 e. The number of alkyl halides is 3. The molecule has 3 rings (SSSR count). The fourth-order valence-electron chi connectivity index (χ4n) is 2.67. The molecule has 7 nitrogen and oxygen atoms in total.